The first kappa shape index (κ1) is 20.9. The summed E-state index contributed by atoms with van der Waals surface area (Å²) in [7, 11) is -1.84. The molecule has 3 aliphatic rings. The molecule has 2 unspecified atom stereocenters. The number of benzene rings is 2. The van der Waals surface area contributed by atoms with Crippen LogP contribution in [0, 0.1) is 0 Å². The van der Waals surface area contributed by atoms with Gasteiger partial charge in [0.25, 0.3) is 0 Å². The van der Waals surface area contributed by atoms with Gasteiger partial charge in [-0.2, -0.15) is 0 Å². The van der Waals surface area contributed by atoms with Crippen LogP contribution in [0.5, 0.6) is 0 Å². The van der Waals surface area contributed by atoms with Gasteiger partial charge in [0.1, 0.15) is 0 Å². The van der Waals surface area contributed by atoms with Crippen LogP contribution < -0.4 is 0 Å². The van der Waals surface area contributed by atoms with Gasteiger partial charge in [-0.25, -0.2) is 0 Å². The minimum absolute atomic E-state index is 0.723. The number of fused-ring (bicyclic) bond motifs is 8. The van der Waals surface area contributed by atoms with Crippen LogP contribution in [0.15, 0.2) is 47.5 Å². The third-order valence-electron chi connectivity index (χ3n) is 8.64. The normalized spacial score (nSPS) is 25.2. The Morgan fingerprint density at radius 3 is 1.50 bits per heavy atom. The van der Waals surface area contributed by atoms with E-state index in [0.29, 0.717) is 0 Å². The van der Waals surface area contributed by atoms with Crippen molar-refractivity contribution in [2.45, 2.75) is 70.1 Å². The van der Waals surface area contributed by atoms with E-state index in [1.165, 1.54) is 0 Å². The first-order chi connectivity index (χ1) is 14.2. The Labute approximate surface area is 188 Å². The third-order valence-corrected chi connectivity index (χ3v) is 23.4. The summed E-state index contributed by atoms with van der Waals surface area (Å²) >= 11 is -2.66. The van der Waals surface area contributed by atoms with Crippen LogP contribution in [0.2, 0.25) is 22.4 Å². The van der Waals surface area contributed by atoms with Crippen molar-refractivity contribution in [3.05, 3.63) is 80.9 Å². The van der Waals surface area contributed by atoms with Gasteiger partial charge in [-0.05, 0) is 0 Å². The molecule has 0 saturated heterocycles. The molecule has 0 aromatic heterocycles. The van der Waals surface area contributed by atoms with Crippen molar-refractivity contribution < 1.29 is 20.3 Å². The van der Waals surface area contributed by atoms with Crippen LogP contribution >= 0.6 is 0 Å². The number of rotatable bonds is 2. The minimum atomic E-state index is -2.66. The standard InChI is InChI=1S/C26H30Si.2CH3.Zr/c1-7-19-11-9-13-21-15-17(3)25(23(19)21)27(5,6)26-18(4)16-22-14-10-12-20(8-2)24(22)26;;;/h9-16H,7-8H2,1-6H3;2*1H3;. The molecular formula is C28H36SiZr. The Morgan fingerprint density at radius 2 is 1.13 bits per heavy atom. The topological polar surface area (TPSA) is 0 Å². The van der Waals surface area contributed by atoms with Crippen LogP contribution in [0.25, 0.3) is 10.4 Å². The fourth-order valence-corrected chi connectivity index (χ4v) is 25.1. The zero-order valence-corrected chi connectivity index (χ0v) is 23.5. The molecule has 1 aliphatic heterocycles. The maximum absolute atomic E-state index is 2.76. The fraction of sp³-hybridized carbons (Fsp3) is 0.429. The van der Waals surface area contributed by atoms with E-state index >= 15 is 0 Å². The summed E-state index contributed by atoms with van der Waals surface area (Å²) in [5, 5.41) is 3.60. The first-order valence-corrected chi connectivity index (χ1v) is 22.6. The summed E-state index contributed by atoms with van der Waals surface area (Å²) in [5.74, 6) is 0. The molecule has 2 aromatic rings. The Morgan fingerprint density at radius 1 is 0.733 bits per heavy atom. The quantitative estimate of drug-likeness (QED) is 0.371. The molecule has 0 N–H and O–H groups in total. The summed E-state index contributed by atoms with van der Waals surface area (Å²) in [5.41, 5.74) is 13.5. The molecule has 0 nitrogen and oxygen atoms in total. The van der Waals surface area contributed by atoms with Gasteiger partial charge >= 0.3 is 190 Å². The van der Waals surface area contributed by atoms with Crippen molar-refractivity contribution in [2.24, 2.45) is 0 Å². The third kappa shape index (κ3) is 2.42. The number of hydrogen-bond acceptors (Lipinski definition) is 0. The van der Waals surface area contributed by atoms with Crippen LogP contribution in [-0.4, -0.2) is 8.07 Å². The van der Waals surface area contributed by atoms with Crippen molar-refractivity contribution in [1.29, 1.82) is 0 Å². The molecule has 2 heteroatoms. The van der Waals surface area contributed by atoms with Gasteiger partial charge in [0.05, 0.1) is 0 Å². The van der Waals surface area contributed by atoms with Gasteiger partial charge in [0.15, 0.2) is 0 Å². The van der Waals surface area contributed by atoms with E-state index in [4.69, 9.17) is 0 Å². The van der Waals surface area contributed by atoms with E-state index in [-0.39, 0.29) is 0 Å². The zero-order valence-electron chi connectivity index (χ0n) is 20.0. The second kappa shape index (κ2) is 6.76. The predicted molar refractivity (Wildman–Crippen MR) is 132 cm³/mol. The summed E-state index contributed by atoms with van der Waals surface area (Å²) < 4.78 is 6.96. The van der Waals surface area contributed by atoms with Crippen LogP contribution in [0.1, 0.15) is 68.3 Å². The molecule has 2 aliphatic carbocycles. The number of aryl methyl sites for hydroxylation is 2. The average molecular weight is 492 g/mol. The van der Waals surface area contributed by atoms with Crippen LogP contribution in [-0.2, 0) is 33.1 Å². The van der Waals surface area contributed by atoms with Gasteiger partial charge in [-0.1, -0.05) is 0 Å². The zero-order chi connectivity index (χ0) is 21.6. The molecular weight excluding hydrogens is 456 g/mol. The van der Waals surface area contributed by atoms with Gasteiger partial charge in [-0.3, -0.25) is 0 Å². The van der Waals surface area contributed by atoms with E-state index in [2.05, 4.69) is 86.5 Å². The molecule has 0 spiro atoms. The van der Waals surface area contributed by atoms with E-state index in [0.717, 1.165) is 20.1 Å². The number of allylic oxidation sites excluding steroid dienone is 2. The van der Waals surface area contributed by atoms with Gasteiger partial charge in [-0.15, -0.1) is 0 Å². The monoisotopic (exact) mass is 490 g/mol. The predicted octanol–water partition coefficient (Wildman–Crippen LogP) is 8.22. The van der Waals surface area contributed by atoms with E-state index in [9.17, 15) is 0 Å². The molecule has 0 saturated carbocycles. The summed E-state index contributed by atoms with van der Waals surface area (Å²) in [6.45, 7) is 15.1. The summed E-state index contributed by atoms with van der Waals surface area (Å²) in [6, 6.07) is 14.5. The molecule has 156 valence electrons. The molecule has 2 aromatic carbocycles. The van der Waals surface area contributed by atoms with Crippen molar-refractivity contribution in [1.82, 2.24) is 0 Å². The molecule has 0 radical (unpaired) electrons. The molecule has 5 rings (SSSR count). The molecule has 30 heavy (non-hydrogen) atoms. The molecule has 1 heterocycles. The second-order valence-electron chi connectivity index (χ2n) is 10.9. The fourth-order valence-electron chi connectivity index (χ4n) is 7.89. The SMILES string of the molecule is CCc1cccc2c1C1=C(C)[CH]2[Zr]([CH3])([CH3])[CH]2C(C)=C(c3c(CC)cccc32)[Si]1(C)C. The molecule has 4 bridgehead atoms. The van der Waals surface area contributed by atoms with Crippen molar-refractivity contribution in [3.63, 3.8) is 0 Å². The van der Waals surface area contributed by atoms with E-state index in [1.807, 2.05) is 0 Å². The number of hydrogen-bond donors (Lipinski definition) is 0. The van der Waals surface area contributed by atoms with E-state index in [1.54, 1.807) is 54.9 Å². The Balaban J connectivity index is 1.93. The molecule has 0 fully saturated rings. The summed E-state index contributed by atoms with van der Waals surface area (Å²) in [4.78, 5) is 0. The molecule has 0 amide bonds. The van der Waals surface area contributed by atoms with Crippen molar-refractivity contribution in [2.75, 3.05) is 0 Å². The Hall–Kier alpha value is -0.980. The second-order valence-corrected chi connectivity index (χ2v) is 26.9. The Kier molecular flexibility index (Phi) is 4.71. The van der Waals surface area contributed by atoms with Gasteiger partial charge in [0, 0.05) is 0 Å². The van der Waals surface area contributed by atoms with E-state index < -0.39 is 28.3 Å². The van der Waals surface area contributed by atoms with Gasteiger partial charge < -0.3 is 0 Å². The van der Waals surface area contributed by atoms with Crippen molar-refractivity contribution in [3.8, 4) is 0 Å². The molecule has 2 atom stereocenters. The summed E-state index contributed by atoms with van der Waals surface area (Å²) in [6.07, 6.45) is 2.29. The maximum atomic E-state index is 2.76. The average Bonchev–Trinajstić information content (AvgIpc) is 3.19. The Bertz CT molecular complexity index is 1060. The first-order valence-electron chi connectivity index (χ1n) is 11.8. The van der Waals surface area contributed by atoms with Crippen molar-refractivity contribution >= 4 is 18.5 Å². The van der Waals surface area contributed by atoms with Crippen LogP contribution in [0.4, 0.5) is 0 Å². The van der Waals surface area contributed by atoms with Crippen LogP contribution in [0.3, 0.4) is 0 Å². The van der Waals surface area contributed by atoms with Gasteiger partial charge in [0.2, 0.25) is 0 Å².